The van der Waals surface area contributed by atoms with Crippen molar-refractivity contribution in [2.75, 3.05) is 0 Å². The Bertz CT molecular complexity index is 886. The lowest BCUT2D eigenvalue weighted by Gasteiger charge is -2.13. The van der Waals surface area contributed by atoms with E-state index < -0.39 is 23.0 Å². The zero-order chi connectivity index (χ0) is 18.8. The molecular formula is C20H18O6. The molecule has 3 rings (SSSR count). The SMILES string of the molecule is Oc1ccc(Cc2ccccc2Cc2ccc(O)c(O)c2O)c(O)c1O. The first-order chi connectivity index (χ1) is 12.4. The van der Waals surface area contributed by atoms with Gasteiger partial charge in [-0.25, -0.2) is 0 Å². The van der Waals surface area contributed by atoms with Crippen molar-refractivity contribution in [3.63, 3.8) is 0 Å². The fourth-order valence-electron chi connectivity index (χ4n) is 2.82. The smallest absolute Gasteiger partial charge is 0.200 e. The monoisotopic (exact) mass is 354 g/mol. The minimum Gasteiger partial charge on any atom is -0.504 e. The molecule has 3 aromatic carbocycles. The lowest BCUT2D eigenvalue weighted by atomic mass is 9.94. The third-order valence-electron chi connectivity index (χ3n) is 4.31. The number of aromatic hydroxyl groups is 6. The van der Waals surface area contributed by atoms with E-state index in [0.717, 1.165) is 11.1 Å². The topological polar surface area (TPSA) is 121 Å². The molecule has 0 spiro atoms. The molecule has 0 bridgehead atoms. The Hall–Kier alpha value is -3.54. The van der Waals surface area contributed by atoms with Crippen LogP contribution in [0.2, 0.25) is 0 Å². The van der Waals surface area contributed by atoms with Crippen molar-refractivity contribution in [3.8, 4) is 34.5 Å². The molecule has 0 heterocycles. The van der Waals surface area contributed by atoms with Crippen LogP contribution in [0.15, 0.2) is 48.5 Å². The number of hydrogen-bond donors (Lipinski definition) is 6. The zero-order valence-corrected chi connectivity index (χ0v) is 13.7. The van der Waals surface area contributed by atoms with E-state index in [2.05, 4.69) is 0 Å². The first-order valence-corrected chi connectivity index (χ1v) is 7.90. The van der Waals surface area contributed by atoms with Gasteiger partial charge in [0.15, 0.2) is 23.0 Å². The Labute approximate surface area is 149 Å². The van der Waals surface area contributed by atoms with E-state index in [1.165, 1.54) is 24.3 Å². The van der Waals surface area contributed by atoms with E-state index >= 15 is 0 Å². The fourth-order valence-corrected chi connectivity index (χ4v) is 2.82. The Morgan fingerprint density at radius 2 is 0.808 bits per heavy atom. The maximum absolute atomic E-state index is 10.0. The summed E-state index contributed by atoms with van der Waals surface area (Å²) < 4.78 is 0. The molecule has 6 N–H and O–H groups in total. The van der Waals surface area contributed by atoms with E-state index in [1.54, 1.807) is 0 Å². The van der Waals surface area contributed by atoms with E-state index in [1.807, 2.05) is 24.3 Å². The molecule has 0 saturated carbocycles. The highest BCUT2D eigenvalue weighted by Crippen LogP contribution is 2.40. The van der Waals surface area contributed by atoms with Gasteiger partial charge in [-0.1, -0.05) is 36.4 Å². The maximum Gasteiger partial charge on any atom is 0.200 e. The fraction of sp³-hybridized carbons (Fsp3) is 0.100. The van der Waals surface area contributed by atoms with Crippen LogP contribution in [0.5, 0.6) is 34.5 Å². The first kappa shape index (κ1) is 17.3. The van der Waals surface area contributed by atoms with Gasteiger partial charge < -0.3 is 30.6 Å². The second-order valence-corrected chi connectivity index (χ2v) is 6.00. The molecule has 0 saturated heterocycles. The van der Waals surface area contributed by atoms with Crippen LogP contribution in [0.3, 0.4) is 0 Å². The largest absolute Gasteiger partial charge is 0.504 e. The van der Waals surface area contributed by atoms with Gasteiger partial charge in [0.1, 0.15) is 0 Å². The number of phenols is 6. The molecule has 3 aromatic rings. The summed E-state index contributed by atoms with van der Waals surface area (Å²) in [6.07, 6.45) is 0.585. The van der Waals surface area contributed by atoms with Gasteiger partial charge in [-0.05, 0) is 23.3 Å². The summed E-state index contributed by atoms with van der Waals surface area (Å²) in [7, 11) is 0. The van der Waals surface area contributed by atoms with Crippen molar-refractivity contribution in [1.29, 1.82) is 0 Å². The third kappa shape index (κ3) is 3.17. The normalized spacial score (nSPS) is 10.8. The highest BCUT2D eigenvalue weighted by atomic mass is 16.3. The number of rotatable bonds is 4. The standard InChI is InChI=1S/C20H18O6/c21-15-7-5-13(17(23)19(15)25)9-11-3-1-2-4-12(11)10-14-6-8-16(22)20(26)18(14)24/h1-8,21-26H,9-10H2. The van der Waals surface area contributed by atoms with Crippen molar-refractivity contribution in [3.05, 3.63) is 70.8 Å². The molecule has 0 atom stereocenters. The van der Waals surface area contributed by atoms with E-state index in [9.17, 15) is 30.6 Å². The molecule has 0 unspecified atom stereocenters. The summed E-state index contributed by atoms with van der Waals surface area (Å²) in [6.45, 7) is 0. The molecule has 0 aliphatic rings. The second kappa shape index (κ2) is 6.76. The van der Waals surface area contributed by atoms with Gasteiger partial charge >= 0.3 is 0 Å². The Morgan fingerprint density at radius 1 is 0.423 bits per heavy atom. The van der Waals surface area contributed by atoms with Gasteiger partial charge in [0.2, 0.25) is 11.5 Å². The van der Waals surface area contributed by atoms with Crippen molar-refractivity contribution in [2.45, 2.75) is 12.8 Å². The van der Waals surface area contributed by atoms with Gasteiger partial charge in [0.25, 0.3) is 0 Å². The van der Waals surface area contributed by atoms with Crippen LogP contribution in [0.1, 0.15) is 22.3 Å². The van der Waals surface area contributed by atoms with Crippen LogP contribution >= 0.6 is 0 Å². The number of benzene rings is 3. The molecule has 0 amide bonds. The quantitative estimate of drug-likeness (QED) is 0.400. The molecule has 6 heteroatoms. The summed E-state index contributed by atoms with van der Waals surface area (Å²) >= 11 is 0. The van der Waals surface area contributed by atoms with Crippen molar-refractivity contribution < 1.29 is 30.6 Å². The number of phenolic OH excluding ortho intramolecular Hbond substituents is 6. The van der Waals surface area contributed by atoms with Gasteiger partial charge in [-0.15, -0.1) is 0 Å². The predicted molar refractivity (Wildman–Crippen MR) is 94.9 cm³/mol. The summed E-state index contributed by atoms with van der Waals surface area (Å²) in [5.41, 5.74) is 2.54. The maximum atomic E-state index is 10.0. The Morgan fingerprint density at radius 3 is 1.19 bits per heavy atom. The lowest BCUT2D eigenvalue weighted by Crippen LogP contribution is -1.98. The van der Waals surface area contributed by atoms with E-state index in [4.69, 9.17) is 0 Å². The Balaban J connectivity index is 1.95. The second-order valence-electron chi connectivity index (χ2n) is 6.00. The minimum absolute atomic E-state index is 0.292. The van der Waals surface area contributed by atoms with Gasteiger partial charge in [0.05, 0.1) is 0 Å². The van der Waals surface area contributed by atoms with Crippen molar-refractivity contribution in [2.24, 2.45) is 0 Å². The van der Waals surface area contributed by atoms with E-state index in [0.29, 0.717) is 24.0 Å². The Kier molecular flexibility index (Phi) is 4.49. The highest BCUT2D eigenvalue weighted by Gasteiger charge is 2.15. The zero-order valence-electron chi connectivity index (χ0n) is 13.7. The van der Waals surface area contributed by atoms with Crippen LogP contribution in [0, 0.1) is 0 Å². The molecule has 0 radical (unpaired) electrons. The molecular weight excluding hydrogens is 336 g/mol. The van der Waals surface area contributed by atoms with Gasteiger partial charge in [0, 0.05) is 24.0 Å². The molecule has 0 aliphatic carbocycles. The minimum atomic E-state index is -0.568. The molecule has 0 aliphatic heterocycles. The predicted octanol–water partition coefficient (Wildman–Crippen LogP) is 3.10. The summed E-state index contributed by atoms with van der Waals surface area (Å²) in [5, 5.41) is 58.3. The summed E-state index contributed by atoms with van der Waals surface area (Å²) in [5.74, 6) is -2.70. The lowest BCUT2D eigenvalue weighted by molar-refractivity contribution is 0.365. The molecule has 0 aromatic heterocycles. The summed E-state index contributed by atoms with van der Waals surface area (Å²) in [4.78, 5) is 0. The van der Waals surface area contributed by atoms with Crippen LogP contribution in [0.4, 0.5) is 0 Å². The molecule has 0 fully saturated rings. The van der Waals surface area contributed by atoms with Gasteiger partial charge in [-0.2, -0.15) is 0 Å². The average Bonchev–Trinajstić information content (AvgIpc) is 2.64. The summed E-state index contributed by atoms with van der Waals surface area (Å²) in [6, 6.07) is 13.0. The van der Waals surface area contributed by atoms with Gasteiger partial charge in [-0.3, -0.25) is 0 Å². The van der Waals surface area contributed by atoms with Crippen LogP contribution in [0.25, 0.3) is 0 Å². The molecule has 6 nitrogen and oxygen atoms in total. The molecule has 134 valence electrons. The highest BCUT2D eigenvalue weighted by molar-refractivity contribution is 5.56. The van der Waals surface area contributed by atoms with Crippen LogP contribution < -0.4 is 0 Å². The molecule has 26 heavy (non-hydrogen) atoms. The van der Waals surface area contributed by atoms with Crippen LogP contribution in [-0.4, -0.2) is 30.6 Å². The van der Waals surface area contributed by atoms with E-state index in [-0.39, 0.29) is 11.5 Å². The third-order valence-corrected chi connectivity index (χ3v) is 4.31. The van der Waals surface area contributed by atoms with Crippen LogP contribution in [-0.2, 0) is 12.8 Å². The first-order valence-electron chi connectivity index (χ1n) is 7.90. The van der Waals surface area contributed by atoms with Crippen molar-refractivity contribution in [1.82, 2.24) is 0 Å². The number of hydrogen-bond acceptors (Lipinski definition) is 6. The average molecular weight is 354 g/mol. The van der Waals surface area contributed by atoms with Crippen molar-refractivity contribution >= 4 is 0 Å².